The topological polar surface area (TPSA) is 41.5 Å². The molecule has 3 nitrogen and oxygen atoms in total. The van der Waals surface area contributed by atoms with Gasteiger partial charge in [0.15, 0.2) is 0 Å². The van der Waals surface area contributed by atoms with Gasteiger partial charge in [0.25, 0.3) is 0 Å². The van der Waals surface area contributed by atoms with Gasteiger partial charge in [0.05, 0.1) is 6.10 Å². The quantitative estimate of drug-likeness (QED) is 0.633. The third-order valence-corrected chi connectivity index (χ3v) is 3.10. The van der Waals surface area contributed by atoms with Gasteiger partial charge in [-0.2, -0.15) is 0 Å². The van der Waals surface area contributed by atoms with Crippen molar-refractivity contribution < 1.29 is 9.84 Å². The molecule has 0 atom stereocenters. The van der Waals surface area contributed by atoms with Gasteiger partial charge < -0.3 is 15.2 Å². The smallest absolute Gasteiger partial charge is 0.0540 e. The predicted molar refractivity (Wildman–Crippen MR) is 61.9 cm³/mol. The molecule has 1 aliphatic carbocycles. The molecule has 0 bridgehead atoms. The van der Waals surface area contributed by atoms with Crippen LogP contribution in [0.3, 0.4) is 0 Å². The molecule has 3 heteroatoms. The zero-order chi connectivity index (χ0) is 10.9. The first-order valence-electron chi connectivity index (χ1n) is 6.29. The summed E-state index contributed by atoms with van der Waals surface area (Å²) in [4.78, 5) is 0. The van der Waals surface area contributed by atoms with E-state index in [0.29, 0.717) is 0 Å². The summed E-state index contributed by atoms with van der Waals surface area (Å²) in [5.74, 6) is 0.778. The molecule has 2 N–H and O–H groups in total. The number of hydrogen-bond acceptors (Lipinski definition) is 3. The van der Waals surface area contributed by atoms with Gasteiger partial charge in [0, 0.05) is 13.2 Å². The van der Waals surface area contributed by atoms with E-state index in [1.54, 1.807) is 0 Å². The Morgan fingerprint density at radius 3 is 2.67 bits per heavy atom. The fourth-order valence-electron chi connectivity index (χ4n) is 2.10. The van der Waals surface area contributed by atoms with Crippen molar-refractivity contribution in [3.05, 3.63) is 0 Å². The summed E-state index contributed by atoms with van der Waals surface area (Å²) in [5, 5.41) is 12.8. The predicted octanol–water partition coefficient (Wildman–Crippen LogP) is 1.55. The summed E-state index contributed by atoms with van der Waals surface area (Å²) >= 11 is 0. The second kappa shape index (κ2) is 8.08. The van der Waals surface area contributed by atoms with Crippen molar-refractivity contribution in [2.75, 3.05) is 26.3 Å². The SMILES string of the molecule is CCOCCCNCC1CCC(O)CC1. The lowest BCUT2D eigenvalue weighted by Gasteiger charge is -2.25. The number of ether oxygens (including phenoxy) is 1. The third kappa shape index (κ3) is 6.13. The Morgan fingerprint density at radius 2 is 2.00 bits per heavy atom. The minimum atomic E-state index is -0.0285. The molecular weight excluding hydrogens is 190 g/mol. The van der Waals surface area contributed by atoms with Crippen LogP contribution in [0, 0.1) is 5.92 Å². The van der Waals surface area contributed by atoms with Crippen molar-refractivity contribution in [1.82, 2.24) is 5.32 Å². The van der Waals surface area contributed by atoms with E-state index < -0.39 is 0 Å². The lowest BCUT2D eigenvalue weighted by molar-refractivity contribution is 0.108. The molecule has 0 aromatic carbocycles. The molecule has 0 heterocycles. The van der Waals surface area contributed by atoms with Crippen molar-refractivity contribution in [3.8, 4) is 0 Å². The van der Waals surface area contributed by atoms with Crippen molar-refractivity contribution in [2.24, 2.45) is 5.92 Å². The molecule has 1 rings (SSSR count). The molecule has 0 aromatic rings. The Bertz CT molecular complexity index is 145. The summed E-state index contributed by atoms with van der Waals surface area (Å²) in [5.41, 5.74) is 0. The van der Waals surface area contributed by atoms with E-state index in [9.17, 15) is 5.11 Å². The van der Waals surface area contributed by atoms with E-state index in [0.717, 1.165) is 51.5 Å². The molecule has 0 radical (unpaired) electrons. The van der Waals surface area contributed by atoms with E-state index in [4.69, 9.17) is 4.74 Å². The van der Waals surface area contributed by atoms with Crippen molar-refractivity contribution in [2.45, 2.75) is 45.1 Å². The molecule has 1 aliphatic rings. The second-order valence-electron chi connectivity index (χ2n) is 4.43. The maximum Gasteiger partial charge on any atom is 0.0540 e. The Balaban J connectivity index is 1.87. The lowest BCUT2D eigenvalue weighted by Crippen LogP contribution is -2.28. The highest BCUT2D eigenvalue weighted by atomic mass is 16.5. The molecule has 1 saturated carbocycles. The van der Waals surface area contributed by atoms with Crippen LogP contribution in [0.5, 0.6) is 0 Å². The number of aliphatic hydroxyl groups excluding tert-OH is 1. The zero-order valence-corrected chi connectivity index (χ0v) is 9.87. The minimum Gasteiger partial charge on any atom is -0.393 e. The third-order valence-electron chi connectivity index (χ3n) is 3.10. The second-order valence-corrected chi connectivity index (χ2v) is 4.43. The molecule has 15 heavy (non-hydrogen) atoms. The van der Waals surface area contributed by atoms with E-state index in [1.807, 2.05) is 6.92 Å². The molecule has 0 saturated heterocycles. The van der Waals surface area contributed by atoms with Gasteiger partial charge in [0.2, 0.25) is 0 Å². The average Bonchev–Trinajstić information content (AvgIpc) is 2.26. The summed E-state index contributed by atoms with van der Waals surface area (Å²) in [6.45, 7) is 5.88. The molecule has 0 aliphatic heterocycles. The maximum absolute atomic E-state index is 9.36. The molecule has 1 fully saturated rings. The van der Waals surface area contributed by atoms with Crippen LogP contribution in [0.2, 0.25) is 0 Å². The first kappa shape index (κ1) is 12.9. The fourth-order valence-corrected chi connectivity index (χ4v) is 2.10. The largest absolute Gasteiger partial charge is 0.393 e. The van der Waals surface area contributed by atoms with Crippen molar-refractivity contribution >= 4 is 0 Å². The molecule has 90 valence electrons. The molecule has 0 aromatic heterocycles. The Labute approximate surface area is 93.2 Å². The molecule has 0 amide bonds. The van der Waals surface area contributed by atoms with Gasteiger partial charge in [0.1, 0.15) is 0 Å². The monoisotopic (exact) mass is 215 g/mol. The van der Waals surface area contributed by atoms with Crippen LogP contribution in [0.25, 0.3) is 0 Å². The van der Waals surface area contributed by atoms with E-state index in [2.05, 4.69) is 5.32 Å². The van der Waals surface area contributed by atoms with Gasteiger partial charge >= 0.3 is 0 Å². The summed E-state index contributed by atoms with van der Waals surface area (Å²) in [6.07, 6.45) is 5.41. The van der Waals surface area contributed by atoms with Gasteiger partial charge in [-0.1, -0.05) is 0 Å². The van der Waals surface area contributed by atoms with Crippen LogP contribution >= 0.6 is 0 Å². The van der Waals surface area contributed by atoms with Crippen molar-refractivity contribution in [1.29, 1.82) is 0 Å². The molecule has 0 spiro atoms. The first-order valence-corrected chi connectivity index (χ1v) is 6.29. The number of hydrogen-bond donors (Lipinski definition) is 2. The number of nitrogens with one attached hydrogen (secondary N) is 1. The van der Waals surface area contributed by atoms with Gasteiger partial charge in [-0.25, -0.2) is 0 Å². The van der Waals surface area contributed by atoms with Crippen LogP contribution in [0.1, 0.15) is 39.0 Å². The van der Waals surface area contributed by atoms with Gasteiger partial charge in [-0.05, 0) is 58.0 Å². The Kier molecular flexibility index (Phi) is 6.98. The highest BCUT2D eigenvalue weighted by molar-refractivity contribution is 4.72. The van der Waals surface area contributed by atoms with Gasteiger partial charge in [-0.3, -0.25) is 0 Å². The number of aliphatic hydroxyl groups is 1. The Hall–Kier alpha value is -0.120. The highest BCUT2D eigenvalue weighted by Gasteiger charge is 2.18. The van der Waals surface area contributed by atoms with E-state index in [1.165, 1.54) is 12.8 Å². The van der Waals surface area contributed by atoms with Crippen molar-refractivity contribution in [3.63, 3.8) is 0 Å². The standard InChI is InChI=1S/C12H25NO2/c1-2-15-9-3-8-13-10-11-4-6-12(14)7-5-11/h11-14H,2-10H2,1H3. The lowest BCUT2D eigenvalue weighted by atomic mass is 9.87. The van der Waals surface area contributed by atoms with Crippen LogP contribution < -0.4 is 5.32 Å². The number of rotatable bonds is 7. The Morgan fingerprint density at radius 1 is 1.27 bits per heavy atom. The highest BCUT2D eigenvalue weighted by Crippen LogP contribution is 2.23. The summed E-state index contributed by atoms with van der Waals surface area (Å²) in [7, 11) is 0. The summed E-state index contributed by atoms with van der Waals surface area (Å²) < 4.78 is 5.27. The van der Waals surface area contributed by atoms with Crippen LogP contribution in [-0.2, 0) is 4.74 Å². The van der Waals surface area contributed by atoms with Gasteiger partial charge in [-0.15, -0.1) is 0 Å². The van der Waals surface area contributed by atoms with E-state index in [-0.39, 0.29) is 6.10 Å². The van der Waals surface area contributed by atoms with Crippen LogP contribution in [0.15, 0.2) is 0 Å². The first-order chi connectivity index (χ1) is 7.33. The van der Waals surface area contributed by atoms with Crippen LogP contribution in [-0.4, -0.2) is 37.5 Å². The average molecular weight is 215 g/mol. The summed E-state index contributed by atoms with van der Waals surface area (Å²) in [6, 6.07) is 0. The normalized spacial score (nSPS) is 26.8. The minimum absolute atomic E-state index is 0.0285. The van der Waals surface area contributed by atoms with Crippen LogP contribution in [0.4, 0.5) is 0 Å². The molecular formula is C12H25NO2. The maximum atomic E-state index is 9.36. The zero-order valence-electron chi connectivity index (χ0n) is 9.87. The van der Waals surface area contributed by atoms with E-state index >= 15 is 0 Å². The molecule has 0 unspecified atom stereocenters. The fraction of sp³-hybridized carbons (Fsp3) is 1.00.